The van der Waals surface area contributed by atoms with Crippen molar-refractivity contribution in [2.45, 2.75) is 12.2 Å². The Bertz CT molecular complexity index is 237. The summed E-state index contributed by atoms with van der Waals surface area (Å²) in [4.78, 5) is 10.5. The third-order valence-electron chi connectivity index (χ3n) is 1.48. The first-order chi connectivity index (χ1) is 5.57. The second-order valence-electron chi connectivity index (χ2n) is 2.31. The van der Waals surface area contributed by atoms with Crippen molar-refractivity contribution in [1.82, 2.24) is 0 Å². The molecule has 0 amide bonds. The Morgan fingerprint density at radius 3 is 2.31 bits per heavy atom. The predicted molar refractivity (Wildman–Crippen MR) is 35.3 cm³/mol. The second-order valence-corrected chi connectivity index (χ2v) is 2.31. The van der Waals surface area contributed by atoms with Crippen LogP contribution in [0.3, 0.4) is 0 Å². The fraction of sp³-hybridized carbons (Fsp3) is 0.500. The standard InChI is InChI=1S/C6H8O6.Cr/c7-1-2(8)5-3(9)4(10)6(11)12-5;/h2,5,7-10H,1H2;/t2-,5+;/m0./s1. The summed E-state index contributed by atoms with van der Waals surface area (Å²) < 4.78 is 4.32. The summed E-state index contributed by atoms with van der Waals surface area (Å²) in [5, 5.41) is 35.0. The molecular weight excluding hydrogens is 220 g/mol. The molecule has 0 radical (unpaired) electrons. The van der Waals surface area contributed by atoms with Crippen LogP contribution < -0.4 is 0 Å². The van der Waals surface area contributed by atoms with Gasteiger partial charge in [-0.05, 0) is 0 Å². The zero-order valence-electron chi connectivity index (χ0n) is 6.38. The summed E-state index contributed by atoms with van der Waals surface area (Å²) in [5.41, 5.74) is 0. The molecule has 0 fully saturated rings. The molecule has 74 valence electrons. The molecule has 1 aliphatic heterocycles. The molecule has 0 unspecified atom stereocenters. The fourth-order valence-electron chi connectivity index (χ4n) is 0.823. The minimum absolute atomic E-state index is 0. The monoisotopic (exact) mass is 228 g/mol. The van der Waals surface area contributed by atoms with Gasteiger partial charge < -0.3 is 25.2 Å². The normalized spacial score (nSPS) is 23.8. The Kier molecular flexibility index (Phi) is 4.23. The molecule has 0 aromatic rings. The molecule has 0 spiro atoms. The van der Waals surface area contributed by atoms with Gasteiger partial charge in [0.25, 0.3) is 0 Å². The number of rotatable bonds is 2. The van der Waals surface area contributed by atoms with Crippen LogP contribution in [0.15, 0.2) is 11.5 Å². The smallest absolute Gasteiger partial charge is 0.377 e. The molecule has 1 heterocycles. The number of ether oxygens (including phenoxy) is 1. The van der Waals surface area contributed by atoms with E-state index in [2.05, 4.69) is 4.74 Å². The Morgan fingerprint density at radius 1 is 1.46 bits per heavy atom. The van der Waals surface area contributed by atoms with Gasteiger partial charge >= 0.3 is 5.97 Å². The molecule has 0 aromatic heterocycles. The number of carbonyl (C=O) groups is 1. The summed E-state index contributed by atoms with van der Waals surface area (Å²) >= 11 is 0. The predicted octanol–water partition coefficient (Wildman–Crippen LogP) is -1.41. The van der Waals surface area contributed by atoms with Gasteiger partial charge in [0.05, 0.1) is 6.61 Å². The fourth-order valence-corrected chi connectivity index (χ4v) is 0.823. The number of hydrogen-bond acceptors (Lipinski definition) is 6. The van der Waals surface area contributed by atoms with Crippen LogP contribution in [0.25, 0.3) is 0 Å². The van der Waals surface area contributed by atoms with Gasteiger partial charge in [0.1, 0.15) is 6.10 Å². The van der Waals surface area contributed by atoms with Crippen molar-refractivity contribution in [3.63, 3.8) is 0 Å². The van der Waals surface area contributed by atoms with E-state index in [0.717, 1.165) is 0 Å². The second kappa shape index (κ2) is 4.49. The van der Waals surface area contributed by atoms with Crippen LogP contribution in [0.4, 0.5) is 0 Å². The maximum Gasteiger partial charge on any atom is 0.377 e. The van der Waals surface area contributed by atoms with E-state index >= 15 is 0 Å². The largest absolute Gasteiger partial charge is 0.505 e. The molecule has 1 aliphatic rings. The topological polar surface area (TPSA) is 107 Å². The summed E-state index contributed by atoms with van der Waals surface area (Å²) in [7, 11) is 0. The van der Waals surface area contributed by atoms with Gasteiger partial charge in [0.15, 0.2) is 11.9 Å². The van der Waals surface area contributed by atoms with Crippen molar-refractivity contribution in [3.8, 4) is 0 Å². The van der Waals surface area contributed by atoms with Crippen molar-refractivity contribution >= 4 is 5.97 Å². The van der Waals surface area contributed by atoms with E-state index in [1.165, 1.54) is 0 Å². The molecule has 0 bridgehead atoms. The van der Waals surface area contributed by atoms with Crippen LogP contribution in [0, 0.1) is 0 Å². The minimum Gasteiger partial charge on any atom is -0.505 e. The van der Waals surface area contributed by atoms with Crippen LogP contribution in [-0.4, -0.2) is 45.2 Å². The number of hydrogen-bond donors (Lipinski definition) is 4. The first-order valence-electron chi connectivity index (χ1n) is 3.20. The van der Waals surface area contributed by atoms with Gasteiger partial charge in [-0.25, -0.2) is 4.79 Å². The minimum atomic E-state index is -1.42. The van der Waals surface area contributed by atoms with Crippen LogP contribution in [0.5, 0.6) is 0 Å². The Hall–Kier alpha value is -0.738. The van der Waals surface area contributed by atoms with Crippen molar-refractivity contribution in [2.24, 2.45) is 0 Å². The van der Waals surface area contributed by atoms with Gasteiger partial charge in [-0.3, -0.25) is 0 Å². The molecule has 1 rings (SSSR count). The Morgan fingerprint density at radius 2 is 2.00 bits per heavy atom. The molecule has 0 saturated heterocycles. The summed E-state index contributed by atoms with van der Waals surface area (Å²) in [6, 6.07) is 0. The molecule has 13 heavy (non-hydrogen) atoms. The van der Waals surface area contributed by atoms with E-state index in [0.29, 0.717) is 0 Å². The molecule has 0 saturated carbocycles. The number of carbonyl (C=O) groups excluding carboxylic acids is 1. The van der Waals surface area contributed by atoms with Crippen LogP contribution in [0.1, 0.15) is 0 Å². The van der Waals surface area contributed by atoms with Crippen molar-refractivity contribution in [3.05, 3.63) is 11.5 Å². The van der Waals surface area contributed by atoms with Gasteiger partial charge in [-0.2, -0.15) is 0 Å². The first-order valence-corrected chi connectivity index (χ1v) is 3.20. The van der Waals surface area contributed by atoms with Crippen LogP contribution in [-0.2, 0) is 26.9 Å². The summed E-state index contributed by atoms with van der Waals surface area (Å²) in [6.07, 6.45) is -2.78. The molecule has 2 atom stereocenters. The van der Waals surface area contributed by atoms with Gasteiger partial charge in [0.2, 0.25) is 5.76 Å². The number of esters is 1. The van der Waals surface area contributed by atoms with E-state index in [-0.39, 0.29) is 17.4 Å². The zero-order valence-corrected chi connectivity index (χ0v) is 7.65. The molecule has 6 nitrogen and oxygen atoms in total. The SMILES string of the molecule is O=C1O[C@H]([C@@H](O)CO)C(O)=C1O.[Cr]. The number of aliphatic hydroxyl groups is 4. The third kappa shape index (κ3) is 2.14. The average molecular weight is 228 g/mol. The number of cyclic esters (lactones) is 1. The van der Waals surface area contributed by atoms with Gasteiger partial charge in [-0.1, -0.05) is 0 Å². The third-order valence-corrected chi connectivity index (χ3v) is 1.48. The zero-order chi connectivity index (χ0) is 9.30. The average Bonchev–Trinajstić information content (AvgIpc) is 2.32. The van der Waals surface area contributed by atoms with Crippen molar-refractivity contribution in [2.75, 3.05) is 6.61 Å². The van der Waals surface area contributed by atoms with E-state index < -0.39 is 36.3 Å². The summed E-state index contributed by atoms with van der Waals surface area (Å²) in [5.74, 6) is -2.78. The molecule has 0 aromatic carbocycles. The van der Waals surface area contributed by atoms with Gasteiger partial charge in [0, 0.05) is 17.4 Å². The van der Waals surface area contributed by atoms with Gasteiger partial charge in [-0.15, -0.1) is 0 Å². The van der Waals surface area contributed by atoms with Crippen LogP contribution in [0.2, 0.25) is 0 Å². The summed E-state index contributed by atoms with van der Waals surface area (Å²) in [6.45, 7) is -0.671. The Balaban J connectivity index is 0.00000144. The molecule has 0 aliphatic carbocycles. The number of aliphatic hydroxyl groups excluding tert-OH is 4. The van der Waals surface area contributed by atoms with E-state index in [4.69, 9.17) is 20.4 Å². The molecule has 7 heteroatoms. The molecule has 4 N–H and O–H groups in total. The maximum absolute atomic E-state index is 10.5. The Labute approximate surface area is 84.2 Å². The van der Waals surface area contributed by atoms with E-state index in [1.807, 2.05) is 0 Å². The van der Waals surface area contributed by atoms with Crippen LogP contribution >= 0.6 is 0 Å². The van der Waals surface area contributed by atoms with E-state index in [9.17, 15) is 4.79 Å². The molecular formula is C6H8CrO6. The first kappa shape index (κ1) is 12.3. The van der Waals surface area contributed by atoms with Crippen molar-refractivity contribution in [1.29, 1.82) is 0 Å². The van der Waals surface area contributed by atoms with Crippen molar-refractivity contribution < 1.29 is 47.3 Å². The maximum atomic E-state index is 10.5. The van der Waals surface area contributed by atoms with E-state index in [1.54, 1.807) is 0 Å². The quantitative estimate of drug-likeness (QED) is 0.432.